The summed E-state index contributed by atoms with van der Waals surface area (Å²) in [5, 5.41) is 34.4. The molecule has 46 heavy (non-hydrogen) atoms. The molecule has 8 aliphatic carbocycles. The average molecular weight is 645 g/mol. The number of ether oxygens (including phenoxy) is 2. The number of amides is 1. The van der Waals surface area contributed by atoms with Crippen LogP contribution in [0.4, 0.5) is 0 Å². The van der Waals surface area contributed by atoms with Crippen LogP contribution in [-0.2, 0) is 14.3 Å². The maximum atomic E-state index is 13.2. The van der Waals surface area contributed by atoms with E-state index in [1.807, 2.05) is 4.90 Å². The van der Waals surface area contributed by atoms with Crippen molar-refractivity contribution < 1.29 is 29.6 Å². The largest absolute Gasteiger partial charge is 0.395 e. The van der Waals surface area contributed by atoms with Crippen molar-refractivity contribution in [1.29, 1.82) is 0 Å². The van der Waals surface area contributed by atoms with E-state index in [0.29, 0.717) is 23.9 Å². The Balaban J connectivity index is 0.764. The van der Waals surface area contributed by atoms with Crippen LogP contribution < -0.4 is 5.32 Å². The van der Waals surface area contributed by atoms with Crippen LogP contribution in [-0.4, -0.2) is 96.5 Å². The van der Waals surface area contributed by atoms with Crippen molar-refractivity contribution in [1.82, 2.24) is 10.2 Å². The van der Waals surface area contributed by atoms with Gasteiger partial charge in [0.25, 0.3) is 0 Å². The summed E-state index contributed by atoms with van der Waals surface area (Å²) < 4.78 is 12.5. The van der Waals surface area contributed by atoms with Crippen LogP contribution in [0.25, 0.3) is 0 Å². The molecule has 0 unspecified atom stereocenters. The highest BCUT2D eigenvalue weighted by molar-refractivity contribution is 5.83. The van der Waals surface area contributed by atoms with Gasteiger partial charge in [-0.3, -0.25) is 9.69 Å². The molecular weight excluding hydrogens is 580 g/mol. The highest BCUT2D eigenvalue weighted by atomic mass is 16.5. The van der Waals surface area contributed by atoms with E-state index in [-0.39, 0.29) is 12.5 Å². The van der Waals surface area contributed by atoms with Gasteiger partial charge in [0.2, 0.25) is 5.91 Å². The number of aliphatic hydroxyl groups is 3. The number of nitrogens with zero attached hydrogens (tertiary/aromatic N) is 1. The number of carbonyl (C=O) groups is 1. The fourth-order valence-corrected chi connectivity index (χ4v) is 12.8. The molecular formula is C38H64N2O6. The van der Waals surface area contributed by atoms with E-state index in [1.165, 1.54) is 77.0 Å². The van der Waals surface area contributed by atoms with Gasteiger partial charge in [0.1, 0.15) is 12.1 Å². The molecule has 0 radical (unpaired) electrons. The van der Waals surface area contributed by atoms with Crippen LogP contribution in [0.1, 0.15) is 116 Å². The summed E-state index contributed by atoms with van der Waals surface area (Å²) in [7, 11) is 0. The van der Waals surface area contributed by atoms with Crippen molar-refractivity contribution in [2.24, 2.45) is 46.3 Å². The third-order valence-corrected chi connectivity index (χ3v) is 13.9. The Bertz CT molecular complexity index is 951. The van der Waals surface area contributed by atoms with E-state index >= 15 is 0 Å². The summed E-state index contributed by atoms with van der Waals surface area (Å²) in [5.41, 5.74) is 0.919. The highest BCUT2D eigenvalue weighted by Gasteiger charge is 2.52. The Labute approximate surface area is 277 Å². The lowest BCUT2D eigenvalue weighted by Gasteiger charge is -2.56. The predicted molar refractivity (Wildman–Crippen MR) is 177 cm³/mol. The molecule has 0 spiro atoms. The first-order chi connectivity index (χ1) is 22.3. The average Bonchev–Trinajstić information content (AvgIpc) is 3.24. The van der Waals surface area contributed by atoms with E-state index in [2.05, 4.69) is 5.32 Å². The Kier molecular flexibility index (Phi) is 10.7. The zero-order valence-electron chi connectivity index (χ0n) is 28.5. The minimum atomic E-state index is -1.20. The van der Waals surface area contributed by atoms with Gasteiger partial charge >= 0.3 is 0 Å². The quantitative estimate of drug-likeness (QED) is 0.161. The minimum Gasteiger partial charge on any atom is -0.395 e. The van der Waals surface area contributed by atoms with Gasteiger partial charge in [-0.15, -0.1) is 0 Å². The summed E-state index contributed by atoms with van der Waals surface area (Å²) in [6.45, 7) is 4.26. The van der Waals surface area contributed by atoms with Crippen LogP contribution in [0.2, 0.25) is 0 Å². The van der Waals surface area contributed by atoms with Crippen molar-refractivity contribution >= 4 is 5.91 Å². The summed E-state index contributed by atoms with van der Waals surface area (Å²) in [5.74, 6) is 5.48. The first kappa shape index (κ1) is 33.7. The number of nitrogens with one attached hydrogen (secondary N) is 1. The van der Waals surface area contributed by atoms with Crippen LogP contribution in [0.3, 0.4) is 0 Å². The van der Waals surface area contributed by atoms with Crippen molar-refractivity contribution in [2.75, 3.05) is 46.1 Å². The monoisotopic (exact) mass is 644 g/mol. The van der Waals surface area contributed by atoms with Gasteiger partial charge in [-0.25, -0.2) is 0 Å². The number of likely N-dealkylation sites (tertiary alicyclic amines) is 1. The molecule has 8 nitrogen and oxygen atoms in total. The smallest absolute Gasteiger partial charge is 0.240 e. The molecule has 8 bridgehead atoms. The molecule has 262 valence electrons. The Morgan fingerprint density at radius 3 is 1.57 bits per heavy atom. The van der Waals surface area contributed by atoms with Gasteiger partial charge in [0.15, 0.2) is 0 Å². The van der Waals surface area contributed by atoms with Crippen molar-refractivity contribution in [3.8, 4) is 0 Å². The maximum Gasteiger partial charge on any atom is 0.240 e. The van der Waals surface area contributed by atoms with Gasteiger partial charge in [0, 0.05) is 19.8 Å². The molecule has 4 atom stereocenters. The molecule has 9 rings (SSSR count). The van der Waals surface area contributed by atoms with E-state index < -0.39 is 24.3 Å². The van der Waals surface area contributed by atoms with Gasteiger partial charge in [-0.2, -0.15) is 0 Å². The maximum absolute atomic E-state index is 13.2. The van der Waals surface area contributed by atoms with E-state index in [9.17, 15) is 20.1 Å². The Hall–Kier alpha value is -0.770. The second-order valence-corrected chi connectivity index (χ2v) is 17.8. The van der Waals surface area contributed by atoms with Crippen LogP contribution in [0.5, 0.6) is 0 Å². The molecule has 4 N–H and O–H groups in total. The molecule has 0 aromatic rings. The van der Waals surface area contributed by atoms with E-state index in [1.54, 1.807) is 0 Å². The van der Waals surface area contributed by atoms with Gasteiger partial charge in [-0.05, 0) is 168 Å². The van der Waals surface area contributed by atoms with Crippen LogP contribution in [0, 0.1) is 46.3 Å². The summed E-state index contributed by atoms with van der Waals surface area (Å²) in [6, 6.07) is -1.45. The Morgan fingerprint density at radius 1 is 0.652 bits per heavy atom. The number of unbranched alkanes of at least 4 members (excludes halogenated alkanes) is 4. The fraction of sp³-hybridized carbons (Fsp3) is 0.974. The lowest BCUT2D eigenvalue weighted by Crippen LogP contribution is -2.50. The van der Waals surface area contributed by atoms with E-state index in [4.69, 9.17) is 9.47 Å². The van der Waals surface area contributed by atoms with Crippen LogP contribution in [0.15, 0.2) is 0 Å². The van der Waals surface area contributed by atoms with E-state index in [0.717, 1.165) is 100 Å². The van der Waals surface area contributed by atoms with Crippen LogP contribution >= 0.6 is 0 Å². The topological polar surface area (TPSA) is 111 Å². The number of rotatable bonds is 18. The van der Waals surface area contributed by atoms with Crippen molar-refractivity contribution in [3.05, 3.63) is 0 Å². The molecule has 1 heterocycles. The standard InChI is InChI=1S/C38H64N2O6/c41-23-32-34(42)35(43)33(40(32)8-4-2-6-10-46-25-38-20-29-14-30(21-38)16-31(15-29)22-38)36(44)39-7-3-1-5-9-45-24-37-17-26-11-27(18-37)13-28(12-26)19-37/h26-35,41-43H,1-25H2,(H,39,44)/t26?,27?,28?,29?,30?,31?,32-,33+,34-,35-,37?,38?/m0/s1. The zero-order valence-corrected chi connectivity index (χ0v) is 28.5. The zero-order chi connectivity index (χ0) is 31.7. The lowest BCUT2D eigenvalue weighted by molar-refractivity contribution is -0.129. The number of hydrogen-bond donors (Lipinski definition) is 4. The number of carbonyl (C=O) groups excluding carboxylic acids is 1. The molecule has 9 aliphatic rings. The summed E-state index contributed by atoms with van der Waals surface area (Å²) >= 11 is 0. The number of hydrogen-bond acceptors (Lipinski definition) is 7. The first-order valence-electron chi connectivity index (χ1n) is 19.5. The second kappa shape index (κ2) is 14.6. The molecule has 8 saturated carbocycles. The molecule has 1 saturated heterocycles. The molecule has 9 fully saturated rings. The molecule has 1 amide bonds. The highest BCUT2D eigenvalue weighted by Crippen LogP contribution is 2.61. The number of aliphatic hydroxyl groups excluding tert-OH is 3. The second-order valence-electron chi connectivity index (χ2n) is 17.8. The molecule has 1 aliphatic heterocycles. The minimum absolute atomic E-state index is 0.250. The SMILES string of the molecule is O=C(NCCCCCOCC12CC3CC(CC(C3)C1)C2)[C@H]1[C@H](O)[C@@H](O)[C@H](CO)N1CCCCCOCC12CC3CC(CC(C3)C1)C2. The fourth-order valence-electron chi connectivity index (χ4n) is 12.8. The Morgan fingerprint density at radius 2 is 1.11 bits per heavy atom. The van der Waals surface area contributed by atoms with Crippen molar-refractivity contribution in [2.45, 2.75) is 140 Å². The van der Waals surface area contributed by atoms with Gasteiger partial charge < -0.3 is 30.1 Å². The normalized spacial score (nSPS) is 44.0. The first-order valence-corrected chi connectivity index (χ1v) is 19.5. The van der Waals surface area contributed by atoms with Crippen molar-refractivity contribution in [3.63, 3.8) is 0 Å². The third-order valence-electron chi connectivity index (χ3n) is 13.9. The molecule has 8 heteroatoms. The summed E-state index contributed by atoms with van der Waals surface area (Å²) in [6.07, 6.45) is 20.4. The lowest BCUT2D eigenvalue weighted by atomic mass is 9.50. The molecule has 0 aromatic heterocycles. The molecule has 0 aromatic carbocycles. The third kappa shape index (κ3) is 7.38. The summed E-state index contributed by atoms with van der Waals surface area (Å²) in [4.78, 5) is 15.0. The van der Waals surface area contributed by atoms with Gasteiger partial charge in [0.05, 0.1) is 32.0 Å². The predicted octanol–water partition coefficient (Wildman–Crippen LogP) is 4.68. The van der Waals surface area contributed by atoms with Gasteiger partial charge in [-0.1, -0.05) is 0 Å².